The van der Waals surface area contributed by atoms with E-state index in [4.69, 9.17) is 0 Å². The highest BCUT2D eigenvalue weighted by atomic mass is 15.1. The van der Waals surface area contributed by atoms with Crippen molar-refractivity contribution in [3.63, 3.8) is 0 Å². The van der Waals surface area contributed by atoms with E-state index < -0.39 is 10.8 Å². The van der Waals surface area contributed by atoms with Gasteiger partial charge in [-0.15, -0.1) is 0 Å². The predicted molar refractivity (Wildman–Crippen MR) is 311 cm³/mol. The Kier molecular flexibility index (Phi) is 9.77. The number of rotatable bonds is 8. The van der Waals surface area contributed by atoms with Crippen LogP contribution in [0.15, 0.2) is 297 Å². The van der Waals surface area contributed by atoms with Gasteiger partial charge in [0.1, 0.15) is 0 Å². The second-order valence-electron chi connectivity index (χ2n) is 20.2. The van der Waals surface area contributed by atoms with Crippen LogP contribution in [0, 0.1) is 0 Å². The molecule has 0 bridgehead atoms. The monoisotopic (exact) mass is 951 g/mol. The Hall–Kier alpha value is -9.56. The summed E-state index contributed by atoms with van der Waals surface area (Å²) in [6, 6.07) is 111. The maximum Gasteiger partial charge on any atom is 0.0726 e. The Morgan fingerprint density at radius 2 is 0.547 bits per heavy atom. The Labute approximate surface area is 439 Å². The molecule has 0 heterocycles. The summed E-state index contributed by atoms with van der Waals surface area (Å²) in [7, 11) is 0. The van der Waals surface area contributed by atoms with Gasteiger partial charge in [-0.2, -0.15) is 0 Å². The van der Waals surface area contributed by atoms with Crippen molar-refractivity contribution in [3.8, 4) is 66.8 Å². The van der Waals surface area contributed by atoms with Gasteiger partial charge < -0.3 is 4.90 Å². The Bertz CT molecular complexity index is 3960. The molecular formula is C74H49N. The quantitative estimate of drug-likeness (QED) is 0.147. The average molecular weight is 952 g/mol. The molecule has 3 aliphatic rings. The first kappa shape index (κ1) is 43.1. The molecule has 1 nitrogen and oxygen atoms in total. The Balaban J connectivity index is 1.15. The topological polar surface area (TPSA) is 3.24 Å². The molecule has 1 spiro atoms. The highest BCUT2D eigenvalue weighted by molar-refractivity contribution is 6.10. The third-order valence-electron chi connectivity index (χ3n) is 16.6. The summed E-state index contributed by atoms with van der Waals surface area (Å²) < 4.78 is 0. The fourth-order valence-corrected chi connectivity index (χ4v) is 13.5. The van der Waals surface area contributed by atoms with E-state index >= 15 is 0 Å². The lowest BCUT2D eigenvalue weighted by Gasteiger charge is -2.37. The molecular weight excluding hydrogens is 903 g/mol. The standard InChI is InChI=1S/C74H49N/c1-6-22-50(23-7-1)53-38-43-58(44-39-53)75(59-45-40-54(41-46-59)51-24-8-2-9-25-51)72-70-62-34-18-21-37-66(62)74(64-35-19-16-32-60(64)61-33-17-20-36-65(61)74)69(70)49-68-71(72)63-48-55(52-26-10-3-11-27-52)42-47-67(63)73(68,56-28-12-4-13-29-56)57-30-14-5-15-31-57/h1-49H. The summed E-state index contributed by atoms with van der Waals surface area (Å²) in [6.45, 7) is 0. The minimum atomic E-state index is -0.709. The average Bonchev–Trinajstić information content (AvgIpc) is 4.30. The zero-order valence-electron chi connectivity index (χ0n) is 41.2. The molecule has 0 aliphatic heterocycles. The van der Waals surface area contributed by atoms with E-state index in [1.807, 2.05) is 0 Å². The molecule has 1 heteroatoms. The second-order valence-corrected chi connectivity index (χ2v) is 20.2. The fraction of sp³-hybridized carbons (Fsp3) is 0.0270. The van der Waals surface area contributed by atoms with Gasteiger partial charge >= 0.3 is 0 Å². The van der Waals surface area contributed by atoms with Crippen molar-refractivity contribution in [2.24, 2.45) is 0 Å². The SMILES string of the molecule is c1ccc(-c2ccc(N(c3ccc(-c4ccccc4)cc3)c3c4c(cc5c3-c3ccccc3C53c5ccccc5-c5ccccc53)C(c3ccccc3)(c3ccccc3)c3ccc(-c5ccccc5)cc3-4)cc2)cc1. The smallest absolute Gasteiger partial charge is 0.0726 e. The number of hydrogen-bond acceptors (Lipinski definition) is 1. The maximum atomic E-state index is 2.67. The Morgan fingerprint density at radius 1 is 0.213 bits per heavy atom. The zero-order chi connectivity index (χ0) is 49.5. The summed E-state index contributed by atoms with van der Waals surface area (Å²) in [5.41, 5.74) is 26.9. The molecule has 0 aromatic heterocycles. The minimum absolute atomic E-state index is 0.619. The number of anilines is 3. The molecule has 0 saturated carbocycles. The lowest BCUT2D eigenvalue weighted by atomic mass is 9.65. The summed E-state index contributed by atoms with van der Waals surface area (Å²) in [6.07, 6.45) is 0. The normalized spacial score (nSPS) is 13.5. The molecule has 12 aromatic carbocycles. The van der Waals surface area contributed by atoms with Gasteiger partial charge in [0.15, 0.2) is 0 Å². The highest BCUT2D eigenvalue weighted by Gasteiger charge is 2.56. The van der Waals surface area contributed by atoms with Gasteiger partial charge in [-0.1, -0.05) is 267 Å². The van der Waals surface area contributed by atoms with Crippen LogP contribution in [0.2, 0.25) is 0 Å². The minimum Gasteiger partial charge on any atom is -0.309 e. The molecule has 0 atom stereocenters. The second kappa shape index (κ2) is 17.0. The van der Waals surface area contributed by atoms with Crippen molar-refractivity contribution in [3.05, 3.63) is 342 Å². The summed E-state index contributed by atoms with van der Waals surface area (Å²) in [4.78, 5) is 2.61. The fourth-order valence-electron chi connectivity index (χ4n) is 13.5. The van der Waals surface area contributed by atoms with Gasteiger partial charge in [0, 0.05) is 22.5 Å². The number of nitrogens with zero attached hydrogens (tertiary/aromatic N) is 1. The lowest BCUT2D eigenvalue weighted by molar-refractivity contribution is 0.753. The van der Waals surface area contributed by atoms with Crippen molar-refractivity contribution in [2.75, 3.05) is 4.90 Å². The number of hydrogen-bond donors (Lipinski definition) is 0. The third-order valence-corrected chi connectivity index (χ3v) is 16.6. The summed E-state index contributed by atoms with van der Waals surface area (Å²) in [5.74, 6) is 0. The maximum absolute atomic E-state index is 2.67. The van der Waals surface area contributed by atoms with E-state index in [1.165, 1.54) is 117 Å². The Morgan fingerprint density at radius 3 is 1.03 bits per heavy atom. The van der Waals surface area contributed by atoms with Crippen LogP contribution in [0.3, 0.4) is 0 Å². The van der Waals surface area contributed by atoms with E-state index in [0.717, 1.165) is 11.4 Å². The highest BCUT2D eigenvalue weighted by Crippen LogP contribution is 2.70. The van der Waals surface area contributed by atoms with Gasteiger partial charge in [0.05, 0.1) is 16.5 Å². The van der Waals surface area contributed by atoms with Crippen molar-refractivity contribution in [1.29, 1.82) is 0 Å². The van der Waals surface area contributed by atoms with E-state index in [-0.39, 0.29) is 0 Å². The van der Waals surface area contributed by atoms with Crippen molar-refractivity contribution in [1.82, 2.24) is 0 Å². The van der Waals surface area contributed by atoms with Crippen LogP contribution in [0.25, 0.3) is 66.8 Å². The molecule has 0 radical (unpaired) electrons. The van der Waals surface area contributed by atoms with Gasteiger partial charge in [0.2, 0.25) is 0 Å². The molecule has 12 aromatic rings. The molecule has 0 N–H and O–H groups in total. The first-order chi connectivity index (χ1) is 37.2. The van der Waals surface area contributed by atoms with Crippen LogP contribution in [0.5, 0.6) is 0 Å². The molecule has 75 heavy (non-hydrogen) atoms. The van der Waals surface area contributed by atoms with Crippen LogP contribution in [-0.2, 0) is 10.8 Å². The van der Waals surface area contributed by atoms with Crippen LogP contribution in [0.1, 0.15) is 44.5 Å². The summed E-state index contributed by atoms with van der Waals surface area (Å²) >= 11 is 0. The van der Waals surface area contributed by atoms with E-state index in [9.17, 15) is 0 Å². The molecule has 0 unspecified atom stereocenters. The van der Waals surface area contributed by atoms with Gasteiger partial charge in [-0.05, 0) is 130 Å². The molecule has 0 amide bonds. The molecule has 0 saturated heterocycles. The molecule has 350 valence electrons. The molecule has 15 rings (SSSR count). The van der Waals surface area contributed by atoms with Gasteiger partial charge in [0.25, 0.3) is 0 Å². The first-order valence-electron chi connectivity index (χ1n) is 26.2. The van der Waals surface area contributed by atoms with E-state index in [1.54, 1.807) is 0 Å². The van der Waals surface area contributed by atoms with Gasteiger partial charge in [-0.3, -0.25) is 0 Å². The third kappa shape index (κ3) is 6.25. The summed E-state index contributed by atoms with van der Waals surface area (Å²) in [5, 5.41) is 0. The lowest BCUT2D eigenvalue weighted by Crippen LogP contribution is -2.30. The van der Waals surface area contributed by atoms with Crippen LogP contribution in [0.4, 0.5) is 17.1 Å². The van der Waals surface area contributed by atoms with Crippen molar-refractivity contribution < 1.29 is 0 Å². The molecule has 0 fully saturated rings. The van der Waals surface area contributed by atoms with Crippen LogP contribution in [-0.4, -0.2) is 0 Å². The van der Waals surface area contributed by atoms with Crippen LogP contribution >= 0.6 is 0 Å². The van der Waals surface area contributed by atoms with E-state index in [2.05, 4.69) is 302 Å². The predicted octanol–water partition coefficient (Wildman–Crippen LogP) is 18.9. The van der Waals surface area contributed by atoms with E-state index in [0.29, 0.717) is 0 Å². The largest absolute Gasteiger partial charge is 0.309 e. The number of fused-ring (bicyclic) bond motifs is 13. The molecule has 3 aliphatic carbocycles. The van der Waals surface area contributed by atoms with Crippen molar-refractivity contribution >= 4 is 17.1 Å². The van der Waals surface area contributed by atoms with Crippen molar-refractivity contribution in [2.45, 2.75) is 10.8 Å². The van der Waals surface area contributed by atoms with Crippen LogP contribution < -0.4 is 4.90 Å². The van der Waals surface area contributed by atoms with Gasteiger partial charge in [-0.25, -0.2) is 0 Å². The first-order valence-corrected chi connectivity index (χ1v) is 26.2. The zero-order valence-corrected chi connectivity index (χ0v) is 41.2. The number of benzene rings is 12.